The predicted molar refractivity (Wildman–Crippen MR) is 90.6 cm³/mol. The van der Waals surface area contributed by atoms with Crippen LogP contribution < -0.4 is 14.2 Å². The fourth-order valence-corrected chi connectivity index (χ4v) is 3.39. The monoisotopic (exact) mass is 363 g/mol. The lowest BCUT2D eigenvalue weighted by Crippen LogP contribution is -2.13. The SMILES string of the molecule is COC(=O)c1ccc(NS(=O)(=O)c2ccc3c(c2)OCCCO3)cc1. The molecule has 1 aliphatic rings. The first-order valence-corrected chi connectivity index (χ1v) is 9.09. The molecular weight excluding hydrogens is 346 g/mol. The Labute approximate surface area is 145 Å². The predicted octanol–water partition coefficient (Wildman–Crippen LogP) is 2.44. The van der Waals surface area contributed by atoms with E-state index in [1.165, 1.54) is 43.5 Å². The van der Waals surface area contributed by atoms with Gasteiger partial charge in [-0.2, -0.15) is 0 Å². The second-order valence-corrected chi connectivity index (χ2v) is 7.02. The third kappa shape index (κ3) is 3.85. The third-order valence-electron chi connectivity index (χ3n) is 3.59. The number of fused-ring (bicyclic) bond motifs is 1. The van der Waals surface area contributed by atoms with Gasteiger partial charge in [-0.1, -0.05) is 0 Å². The number of nitrogens with one attached hydrogen (secondary N) is 1. The van der Waals surface area contributed by atoms with Crippen LogP contribution in [0.25, 0.3) is 0 Å². The molecule has 0 fully saturated rings. The summed E-state index contributed by atoms with van der Waals surface area (Å²) in [4.78, 5) is 11.5. The minimum absolute atomic E-state index is 0.0637. The van der Waals surface area contributed by atoms with Crippen LogP contribution in [0.2, 0.25) is 0 Å². The van der Waals surface area contributed by atoms with Gasteiger partial charge in [0.2, 0.25) is 0 Å². The molecule has 0 aliphatic carbocycles. The van der Waals surface area contributed by atoms with Crippen LogP contribution in [-0.2, 0) is 14.8 Å². The number of anilines is 1. The van der Waals surface area contributed by atoms with Crippen molar-refractivity contribution in [2.45, 2.75) is 11.3 Å². The maximum Gasteiger partial charge on any atom is 0.337 e. The fraction of sp³-hybridized carbons (Fsp3) is 0.235. The van der Waals surface area contributed by atoms with E-state index in [4.69, 9.17) is 9.47 Å². The molecule has 132 valence electrons. The van der Waals surface area contributed by atoms with Gasteiger partial charge in [0, 0.05) is 18.2 Å². The van der Waals surface area contributed by atoms with Gasteiger partial charge in [-0.05, 0) is 36.4 Å². The number of benzene rings is 2. The summed E-state index contributed by atoms with van der Waals surface area (Å²) in [7, 11) is -2.52. The van der Waals surface area contributed by atoms with E-state index in [1.54, 1.807) is 6.07 Å². The molecule has 0 aromatic heterocycles. The highest BCUT2D eigenvalue weighted by Gasteiger charge is 2.19. The normalized spacial score (nSPS) is 13.6. The van der Waals surface area contributed by atoms with E-state index in [0.29, 0.717) is 36.0 Å². The highest BCUT2D eigenvalue weighted by atomic mass is 32.2. The largest absolute Gasteiger partial charge is 0.490 e. The Hall–Kier alpha value is -2.74. The van der Waals surface area contributed by atoms with Gasteiger partial charge < -0.3 is 14.2 Å². The summed E-state index contributed by atoms with van der Waals surface area (Å²) in [5, 5.41) is 0. The third-order valence-corrected chi connectivity index (χ3v) is 4.97. The van der Waals surface area contributed by atoms with Crippen LogP contribution in [0, 0.1) is 0 Å². The van der Waals surface area contributed by atoms with Gasteiger partial charge in [0.1, 0.15) is 0 Å². The summed E-state index contributed by atoms with van der Waals surface area (Å²) < 4.78 is 43.2. The lowest BCUT2D eigenvalue weighted by molar-refractivity contribution is 0.0601. The number of hydrogen-bond donors (Lipinski definition) is 1. The van der Waals surface area contributed by atoms with Gasteiger partial charge in [0.15, 0.2) is 11.5 Å². The number of ether oxygens (including phenoxy) is 3. The van der Waals surface area contributed by atoms with Crippen LogP contribution in [0.15, 0.2) is 47.4 Å². The van der Waals surface area contributed by atoms with E-state index >= 15 is 0 Å². The van der Waals surface area contributed by atoms with Crippen molar-refractivity contribution in [2.75, 3.05) is 25.0 Å². The van der Waals surface area contributed by atoms with Gasteiger partial charge in [0.25, 0.3) is 10.0 Å². The van der Waals surface area contributed by atoms with Crippen molar-refractivity contribution in [3.05, 3.63) is 48.0 Å². The molecule has 0 unspecified atom stereocenters. The van der Waals surface area contributed by atoms with Crippen LogP contribution in [0.4, 0.5) is 5.69 Å². The van der Waals surface area contributed by atoms with E-state index in [2.05, 4.69) is 9.46 Å². The second-order valence-electron chi connectivity index (χ2n) is 5.33. The summed E-state index contributed by atoms with van der Waals surface area (Å²) in [6.45, 7) is 1.00. The lowest BCUT2D eigenvalue weighted by Gasteiger charge is -2.11. The van der Waals surface area contributed by atoms with Crippen LogP contribution in [0.3, 0.4) is 0 Å². The first-order valence-electron chi connectivity index (χ1n) is 7.60. The quantitative estimate of drug-likeness (QED) is 0.839. The number of sulfonamides is 1. The van der Waals surface area contributed by atoms with E-state index < -0.39 is 16.0 Å². The standard InChI is InChI=1S/C17H17NO6S/c1-22-17(19)12-3-5-13(6-4-12)18-25(20,21)14-7-8-15-16(11-14)24-10-2-9-23-15/h3-8,11,18H,2,9-10H2,1H3. The zero-order chi connectivity index (χ0) is 17.9. The van der Waals surface area contributed by atoms with E-state index in [-0.39, 0.29) is 4.90 Å². The zero-order valence-electron chi connectivity index (χ0n) is 13.5. The molecule has 1 heterocycles. The first-order chi connectivity index (χ1) is 12.0. The number of carbonyl (C=O) groups excluding carboxylic acids is 1. The lowest BCUT2D eigenvalue weighted by atomic mass is 10.2. The van der Waals surface area contributed by atoms with Gasteiger partial charge in [-0.25, -0.2) is 13.2 Å². The minimum atomic E-state index is -3.80. The average molecular weight is 363 g/mol. The van der Waals surface area contributed by atoms with Gasteiger partial charge in [-0.3, -0.25) is 4.72 Å². The molecule has 0 saturated heterocycles. The first kappa shape index (κ1) is 17.1. The Bertz CT molecular complexity index is 877. The molecule has 25 heavy (non-hydrogen) atoms. The Morgan fingerprint density at radius 3 is 2.40 bits per heavy atom. The Morgan fingerprint density at radius 1 is 1.04 bits per heavy atom. The van der Waals surface area contributed by atoms with E-state index in [9.17, 15) is 13.2 Å². The number of methoxy groups -OCH3 is 1. The zero-order valence-corrected chi connectivity index (χ0v) is 14.3. The molecular formula is C17H17NO6S. The molecule has 0 amide bonds. The maximum atomic E-state index is 12.5. The van der Waals surface area contributed by atoms with Crippen molar-refractivity contribution < 1.29 is 27.4 Å². The number of carbonyl (C=O) groups is 1. The molecule has 0 atom stereocenters. The molecule has 3 rings (SSSR count). The summed E-state index contributed by atoms with van der Waals surface area (Å²) in [5.74, 6) is 0.442. The number of hydrogen-bond acceptors (Lipinski definition) is 6. The van der Waals surface area contributed by atoms with Crippen LogP contribution in [0.1, 0.15) is 16.8 Å². The molecule has 0 radical (unpaired) electrons. The highest BCUT2D eigenvalue weighted by molar-refractivity contribution is 7.92. The second kappa shape index (κ2) is 7.02. The molecule has 7 nitrogen and oxygen atoms in total. The van der Waals surface area contributed by atoms with Crippen LogP contribution >= 0.6 is 0 Å². The molecule has 1 aliphatic heterocycles. The summed E-state index contributed by atoms with van der Waals surface area (Å²) in [6, 6.07) is 10.4. The van der Waals surface area contributed by atoms with Gasteiger partial charge in [0.05, 0.1) is 30.8 Å². The van der Waals surface area contributed by atoms with Crippen molar-refractivity contribution in [2.24, 2.45) is 0 Å². The van der Waals surface area contributed by atoms with Crippen molar-refractivity contribution in [1.29, 1.82) is 0 Å². The van der Waals surface area contributed by atoms with Crippen LogP contribution in [-0.4, -0.2) is 34.7 Å². The molecule has 0 saturated carbocycles. The van der Waals surface area contributed by atoms with Crippen molar-refractivity contribution in [1.82, 2.24) is 0 Å². The number of rotatable bonds is 4. The van der Waals surface area contributed by atoms with Crippen LogP contribution in [0.5, 0.6) is 11.5 Å². The molecule has 2 aromatic carbocycles. The molecule has 0 spiro atoms. The van der Waals surface area contributed by atoms with Crippen molar-refractivity contribution in [3.63, 3.8) is 0 Å². The Balaban J connectivity index is 1.82. The Kier molecular flexibility index (Phi) is 4.80. The average Bonchev–Trinajstić information content (AvgIpc) is 2.86. The van der Waals surface area contributed by atoms with E-state index in [0.717, 1.165) is 6.42 Å². The Morgan fingerprint density at radius 2 is 1.72 bits per heavy atom. The minimum Gasteiger partial charge on any atom is -0.490 e. The van der Waals surface area contributed by atoms with Gasteiger partial charge >= 0.3 is 5.97 Å². The van der Waals surface area contributed by atoms with Crippen molar-refractivity contribution >= 4 is 21.7 Å². The number of esters is 1. The molecule has 8 heteroatoms. The fourth-order valence-electron chi connectivity index (χ4n) is 2.32. The summed E-state index contributed by atoms with van der Waals surface area (Å²) >= 11 is 0. The molecule has 1 N–H and O–H groups in total. The van der Waals surface area contributed by atoms with Gasteiger partial charge in [-0.15, -0.1) is 0 Å². The topological polar surface area (TPSA) is 90.9 Å². The summed E-state index contributed by atoms with van der Waals surface area (Å²) in [6.07, 6.45) is 0.738. The van der Waals surface area contributed by atoms with Crippen molar-refractivity contribution in [3.8, 4) is 11.5 Å². The smallest absolute Gasteiger partial charge is 0.337 e. The molecule has 2 aromatic rings. The summed E-state index contributed by atoms with van der Waals surface area (Å²) in [5.41, 5.74) is 0.667. The highest BCUT2D eigenvalue weighted by Crippen LogP contribution is 2.32. The maximum absolute atomic E-state index is 12.5. The van der Waals surface area contributed by atoms with E-state index in [1.807, 2.05) is 0 Å². The molecule has 0 bridgehead atoms.